The molecule has 2 rings (SSSR count). The van der Waals surface area contributed by atoms with Crippen LogP contribution in [0.1, 0.15) is 39.2 Å². The molecular formula is C20H24O4. The van der Waals surface area contributed by atoms with Crippen LogP contribution in [0.2, 0.25) is 0 Å². The van der Waals surface area contributed by atoms with E-state index in [9.17, 15) is 9.59 Å². The molecule has 0 unspecified atom stereocenters. The second kappa shape index (κ2) is 7.95. The highest BCUT2D eigenvalue weighted by molar-refractivity contribution is 6.02. The summed E-state index contributed by atoms with van der Waals surface area (Å²) in [7, 11) is 0. The number of ether oxygens (including phenoxy) is 2. The van der Waals surface area contributed by atoms with E-state index >= 15 is 0 Å². The average Bonchev–Trinajstić information content (AvgIpc) is 2.96. The van der Waals surface area contributed by atoms with Crippen molar-refractivity contribution in [2.24, 2.45) is 5.41 Å². The van der Waals surface area contributed by atoms with E-state index in [1.54, 1.807) is 13.8 Å². The molecule has 1 saturated carbocycles. The Morgan fingerprint density at radius 3 is 2.04 bits per heavy atom. The van der Waals surface area contributed by atoms with Crippen molar-refractivity contribution in [1.29, 1.82) is 0 Å². The van der Waals surface area contributed by atoms with Crippen LogP contribution in [-0.4, -0.2) is 25.2 Å². The number of rotatable bonds is 5. The minimum atomic E-state index is -1.27. The molecule has 4 nitrogen and oxygen atoms in total. The Balaban J connectivity index is 2.42. The van der Waals surface area contributed by atoms with Crippen LogP contribution in [0, 0.1) is 5.41 Å². The molecule has 1 aromatic carbocycles. The summed E-state index contributed by atoms with van der Waals surface area (Å²) in [6.07, 6.45) is 4.60. The zero-order valence-corrected chi connectivity index (χ0v) is 14.5. The van der Waals surface area contributed by atoms with Crippen LogP contribution >= 0.6 is 0 Å². The molecule has 0 saturated heterocycles. The minimum absolute atomic E-state index is 0.239. The van der Waals surface area contributed by atoms with Crippen molar-refractivity contribution in [3.05, 3.63) is 53.1 Å². The van der Waals surface area contributed by atoms with Gasteiger partial charge in [0.05, 0.1) is 13.2 Å². The minimum Gasteiger partial charge on any atom is -0.465 e. The van der Waals surface area contributed by atoms with Gasteiger partial charge in [-0.3, -0.25) is 9.59 Å². The van der Waals surface area contributed by atoms with Gasteiger partial charge in [-0.25, -0.2) is 0 Å². The van der Waals surface area contributed by atoms with Crippen molar-refractivity contribution >= 4 is 18.0 Å². The summed E-state index contributed by atoms with van der Waals surface area (Å²) in [5.41, 5.74) is 1.73. The van der Waals surface area contributed by atoms with Crippen molar-refractivity contribution in [1.82, 2.24) is 0 Å². The number of benzene rings is 1. The Bertz CT molecular complexity index is 637. The van der Waals surface area contributed by atoms with Crippen molar-refractivity contribution in [2.45, 2.75) is 33.6 Å². The molecule has 0 atom stereocenters. The molecule has 0 aromatic heterocycles. The van der Waals surface area contributed by atoms with Crippen molar-refractivity contribution in [3.63, 3.8) is 0 Å². The quantitative estimate of drug-likeness (QED) is 0.607. The van der Waals surface area contributed by atoms with Crippen LogP contribution in [0.25, 0.3) is 6.08 Å². The first-order chi connectivity index (χ1) is 11.6. The summed E-state index contributed by atoms with van der Waals surface area (Å²) in [5.74, 6) is -1.00. The molecule has 1 fully saturated rings. The largest absolute Gasteiger partial charge is 0.465 e. The molecule has 0 heterocycles. The lowest BCUT2D eigenvalue weighted by atomic mass is 9.85. The monoisotopic (exact) mass is 328 g/mol. The molecule has 1 aliphatic carbocycles. The number of hydrogen-bond donors (Lipinski definition) is 0. The van der Waals surface area contributed by atoms with E-state index in [1.165, 1.54) is 0 Å². The topological polar surface area (TPSA) is 52.6 Å². The molecule has 24 heavy (non-hydrogen) atoms. The standard InChI is InChI=1S/C20H24O4/c1-4-16-13-20(18(21)23-5-2,19(22)24-6-3)14-17(16)12-15-10-8-7-9-11-15/h4,7-12H,5-6,13-14H2,1-3H3/b16-4+,17-12-. The van der Waals surface area contributed by atoms with Gasteiger partial charge in [0.1, 0.15) is 0 Å². The average molecular weight is 328 g/mol. The maximum absolute atomic E-state index is 12.6. The van der Waals surface area contributed by atoms with Gasteiger partial charge in [0.2, 0.25) is 0 Å². The number of esters is 2. The molecule has 1 aliphatic rings. The van der Waals surface area contributed by atoms with Gasteiger partial charge in [0.25, 0.3) is 0 Å². The zero-order valence-electron chi connectivity index (χ0n) is 14.5. The lowest BCUT2D eigenvalue weighted by molar-refractivity contribution is -0.171. The van der Waals surface area contributed by atoms with Crippen molar-refractivity contribution in [2.75, 3.05) is 13.2 Å². The summed E-state index contributed by atoms with van der Waals surface area (Å²) in [4.78, 5) is 25.1. The fourth-order valence-corrected chi connectivity index (χ4v) is 3.03. The van der Waals surface area contributed by atoms with Gasteiger partial charge in [-0.05, 0) is 50.3 Å². The third-order valence-electron chi connectivity index (χ3n) is 4.22. The van der Waals surface area contributed by atoms with E-state index in [0.717, 1.165) is 16.7 Å². The van der Waals surface area contributed by atoms with E-state index in [1.807, 2.05) is 49.4 Å². The second-order valence-corrected chi connectivity index (χ2v) is 5.77. The molecule has 0 aliphatic heterocycles. The smallest absolute Gasteiger partial charge is 0.324 e. The lowest BCUT2D eigenvalue weighted by Crippen LogP contribution is -2.39. The number of carbonyl (C=O) groups is 2. The van der Waals surface area contributed by atoms with E-state index in [4.69, 9.17) is 9.47 Å². The molecule has 0 N–H and O–H groups in total. The van der Waals surface area contributed by atoms with E-state index < -0.39 is 17.4 Å². The fraction of sp³-hybridized carbons (Fsp3) is 0.400. The SMILES string of the molecule is C/C=C1\CC(C(=O)OCC)(C(=O)OCC)C\C1=C\c1ccccc1. The maximum Gasteiger partial charge on any atom is 0.324 e. The van der Waals surface area contributed by atoms with Crippen molar-refractivity contribution in [3.8, 4) is 0 Å². The van der Waals surface area contributed by atoms with Crippen LogP contribution in [0.4, 0.5) is 0 Å². The van der Waals surface area contributed by atoms with Gasteiger partial charge in [-0.1, -0.05) is 42.5 Å². The molecule has 0 bridgehead atoms. The third-order valence-corrected chi connectivity index (χ3v) is 4.22. The Kier molecular flexibility index (Phi) is 5.96. The Morgan fingerprint density at radius 1 is 1.00 bits per heavy atom. The molecule has 0 spiro atoms. The summed E-state index contributed by atoms with van der Waals surface area (Å²) in [6.45, 7) is 5.87. The number of carbonyl (C=O) groups excluding carboxylic acids is 2. The normalized spacial score (nSPS) is 19.5. The molecule has 4 heteroatoms. The van der Waals surface area contributed by atoms with Crippen molar-refractivity contribution < 1.29 is 19.1 Å². The highest BCUT2D eigenvalue weighted by atomic mass is 16.6. The van der Waals surface area contributed by atoms with Crippen LogP contribution in [-0.2, 0) is 19.1 Å². The van der Waals surface area contributed by atoms with Crippen LogP contribution in [0.3, 0.4) is 0 Å². The van der Waals surface area contributed by atoms with Crippen LogP contribution < -0.4 is 0 Å². The molecular weight excluding hydrogens is 304 g/mol. The van der Waals surface area contributed by atoms with Gasteiger partial charge >= 0.3 is 11.9 Å². The highest BCUT2D eigenvalue weighted by Gasteiger charge is 2.54. The fourth-order valence-electron chi connectivity index (χ4n) is 3.03. The maximum atomic E-state index is 12.6. The molecule has 0 radical (unpaired) electrons. The van der Waals surface area contributed by atoms with Gasteiger partial charge in [0, 0.05) is 0 Å². The van der Waals surface area contributed by atoms with Crippen LogP contribution in [0.5, 0.6) is 0 Å². The van der Waals surface area contributed by atoms with Crippen LogP contribution in [0.15, 0.2) is 47.6 Å². The van der Waals surface area contributed by atoms with E-state index in [-0.39, 0.29) is 13.2 Å². The Hall–Kier alpha value is -2.36. The predicted molar refractivity (Wildman–Crippen MR) is 93.1 cm³/mol. The Labute approximate surface area is 143 Å². The predicted octanol–water partition coefficient (Wildman–Crippen LogP) is 3.92. The van der Waals surface area contributed by atoms with Gasteiger partial charge in [-0.2, -0.15) is 0 Å². The second-order valence-electron chi connectivity index (χ2n) is 5.77. The lowest BCUT2D eigenvalue weighted by Gasteiger charge is -2.23. The summed E-state index contributed by atoms with van der Waals surface area (Å²) in [5, 5.41) is 0. The number of allylic oxidation sites excluding steroid dienone is 3. The Morgan fingerprint density at radius 2 is 1.54 bits per heavy atom. The first kappa shape index (κ1) is 18.0. The molecule has 0 amide bonds. The summed E-state index contributed by atoms with van der Waals surface area (Å²) >= 11 is 0. The first-order valence-electron chi connectivity index (χ1n) is 8.33. The zero-order chi connectivity index (χ0) is 17.6. The van der Waals surface area contributed by atoms with E-state index in [0.29, 0.717) is 12.8 Å². The summed E-state index contributed by atoms with van der Waals surface area (Å²) < 4.78 is 10.4. The van der Waals surface area contributed by atoms with Gasteiger partial charge in [0.15, 0.2) is 5.41 Å². The number of hydrogen-bond acceptors (Lipinski definition) is 4. The highest BCUT2D eigenvalue weighted by Crippen LogP contribution is 2.47. The van der Waals surface area contributed by atoms with Gasteiger partial charge < -0.3 is 9.47 Å². The molecule has 128 valence electrons. The summed E-state index contributed by atoms with van der Waals surface area (Å²) in [6, 6.07) is 9.86. The third kappa shape index (κ3) is 3.58. The van der Waals surface area contributed by atoms with Gasteiger partial charge in [-0.15, -0.1) is 0 Å². The van der Waals surface area contributed by atoms with E-state index in [2.05, 4.69) is 0 Å². The first-order valence-corrected chi connectivity index (χ1v) is 8.33. The molecule has 1 aromatic rings.